The summed E-state index contributed by atoms with van der Waals surface area (Å²) in [5, 5.41) is 11.0. The SMILES string of the molecule is CCOc1ccc(C2/C(=C(/O)c3ccc(F)cc3)C(=O)C(=O)N2CCCN(C)C)cc1OC. The normalized spacial score (nSPS) is 17.6. The molecule has 3 rings (SSSR count). The molecule has 33 heavy (non-hydrogen) atoms. The summed E-state index contributed by atoms with van der Waals surface area (Å²) in [6, 6.07) is 9.49. The molecule has 1 fully saturated rings. The zero-order valence-corrected chi connectivity index (χ0v) is 19.3. The van der Waals surface area contributed by atoms with Crippen molar-refractivity contribution in [3.8, 4) is 11.5 Å². The fourth-order valence-corrected chi connectivity index (χ4v) is 3.91. The Balaban J connectivity index is 2.12. The molecule has 0 spiro atoms. The van der Waals surface area contributed by atoms with E-state index in [0.29, 0.717) is 36.6 Å². The number of Topliss-reactive ketones (excluding diaryl/α,β-unsaturated/α-hetero) is 1. The van der Waals surface area contributed by atoms with Gasteiger partial charge in [0.25, 0.3) is 11.7 Å². The first kappa shape index (κ1) is 24.3. The van der Waals surface area contributed by atoms with Gasteiger partial charge in [0.1, 0.15) is 11.6 Å². The molecule has 1 aliphatic rings. The summed E-state index contributed by atoms with van der Waals surface area (Å²) in [7, 11) is 5.36. The maximum Gasteiger partial charge on any atom is 0.295 e. The Morgan fingerprint density at radius 1 is 1.12 bits per heavy atom. The van der Waals surface area contributed by atoms with Gasteiger partial charge in [0.15, 0.2) is 11.5 Å². The van der Waals surface area contributed by atoms with Crippen molar-refractivity contribution in [2.24, 2.45) is 0 Å². The highest BCUT2D eigenvalue weighted by Crippen LogP contribution is 2.42. The maximum atomic E-state index is 13.4. The van der Waals surface area contributed by atoms with Crippen LogP contribution in [0.15, 0.2) is 48.0 Å². The minimum atomic E-state index is -0.818. The summed E-state index contributed by atoms with van der Waals surface area (Å²) >= 11 is 0. The topological polar surface area (TPSA) is 79.3 Å². The van der Waals surface area contributed by atoms with Crippen LogP contribution >= 0.6 is 0 Å². The van der Waals surface area contributed by atoms with E-state index in [4.69, 9.17) is 9.47 Å². The predicted octanol–water partition coefficient (Wildman–Crippen LogP) is 3.61. The molecule has 1 heterocycles. The maximum absolute atomic E-state index is 13.4. The molecule has 1 N–H and O–H groups in total. The van der Waals surface area contributed by atoms with Crippen LogP contribution in [0.25, 0.3) is 5.76 Å². The van der Waals surface area contributed by atoms with Gasteiger partial charge in [0, 0.05) is 12.1 Å². The highest BCUT2D eigenvalue weighted by Gasteiger charge is 2.46. The van der Waals surface area contributed by atoms with Crippen molar-refractivity contribution >= 4 is 17.4 Å². The van der Waals surface area contributed by atoms with E-state index in [9.17, 15) is 19.1 Å². The van der Waals surface area contributed by atoms with E-state index in [-0.39, 0.29) is 16.9 Å². The number of ketones is 1. The van der Waals surface area contributed by atoms with Crippen molar-refractivity contribution in [2.45, 2.75) is 19.4 Å². The molecule has 0 aliphatic carbocycles. The van der Waals surface area contributed by atoms with E-state index in [1.165, 1.54) is 36.3 Å². The van der Waals surface area contributed by atoms with Crippen LogP contribution in [-0.4, -0.2) is 67.5 Å². The van der Waals surface area contributed by atoms with Crippen molar-refractivity contribution in [3.05, 3.63) is 65.0 Å². The van der Waals surface area contributed by atoms with Gasteiger partial charge in [-0.3, -0.25) is 9.59 Å². The summed E-state index contributed by atoms with van der Waals surface area (Å²) in [6.07, 6.45) is 0.640. The van der Waals surface area contributed by atoms with Gasteiger partial charge < -0.3 is 24.4 Å². The third-order valence-electron chi connectivity index (χ3n) is 5.47. The molecule has 0 saturated carbocycles. The standard InChI is InChI=1S/C25H29FN2O5/c1-5-33-19-12-9-17(15-20(19)32-4)22-21(23(29)16-7-10-18(26)11-8-16)24(30)25(31)28(22)14-6-13-27(2)3/h7-12,15,22,29H,5-6,13-14H2,1-4H3/b23-21-. The van der Waals surface area contributed by atoms with Gasteiger partial charge in [-0.05, 0) is 75.9 Å². The molecular weight excluding hydrogens is 427 g/mol. The van der Waals surface area contributed by atoms with Crippen LogP contribution in [0.3, 0.4) is 0 Å². The average molecular weight is 457 g/mol. The molecule has 7 nitrogen and oxygen atoms in total. The van der Waals surface area contributed by atoms with E-state index >= 15 is 0 Å². The Morgan fingerprint density at radius 3 is 2.42 bits per heavy atom. The molecule has 1 unspecified atom stereocenters. The smallest absolute Gasteiger partial charge is 0.295 e. The molecule has 1 amide bonds. The zero-order chi connectivity index (χ0) is 24.1. The number of carbonyl (C=O) groups is 2. The number of hydrogen-bond acceptors (Lipinski definition) is 6. The number of halogens is 1. The summed E-state index contributed by atoms with van der Waals surface area (Å²) < 4.78 is 24.4. The Bertz CT molecular complexity index is 1050. The number of benzene rings is 2. The van der Waals surface area contributed by atoms with Crippen LogP contribution < -0.4 is 9.47 Å². The van der Waals surface area contributed by atoms with Gasteiger partial charge in [-0.15, -0.1) is 0 Å². The molecule has 176 valence electrons. The largest absolute Gasteiger partial charge is 0.507 e. The fraction of sp³-hybridized carbons (Fsp3) is 0.360. The van der Waals surface area contributed by atoms with Gasteiger partial charge in [-0.25, -0.2) is 4.39 Å². The molecule has 8 heteroatoms. The molecule has 0 radical (unpaired) electrons. The number of hydrogen-bond donors (Lipinski definition) is 1. The van der Waals surface area contributed by atoms with Crippen LogP contribution in [0.2, 0.25) is 0 Å². The predicted molar refractivity (Wildman–Crippen MR) is 123 cm³/mol. The van der Waals surface area contributed by atoms with Crippen molar-refractivity contribution in [3.63, 3.8) is 0 Å². The third-order valence-corrected chi connectivity index (χ3v) is 5.47. The van der Waals surface area contributed by atoms with Crippen molar-refractivity contribution in [1.82, 2.24) is 9.80 Å². The Kier molecular flexibility index (Phi) is 7.71. The molecule has 0 aromatic heterocycles. The second-order valence-electron chi connectivity index (χ2n) is 8.00. The number of likely N-dealkylation sites (tertiary alicyclic amines) is 1. The van der Waals surface area contributed by atoms with Crippen LogP contribution in [0.5, 0.6) is 11.5 Å². The quantitative estimate of drug-likeness (QED) is 0.353. The Hall–Kier alpha value is -3.39. The van der Waals surface area contributed by atoms with Gasteiger partial charge in [-0.2, -0.15) is 0 Å². The summed E-state index contributed by atoms with van der Waals surface area (Å²) in [5.41, 5.74) is 0.816. The highest BCUT2D eigenvalue weighted by molar-refractivity contribution is 6.46. The molecule has 0 bridgehead atoms. The fourth-order valence-electron chi connectivity index (χ4n) is 3.91. The van der Waals surface area contributed by atoms with Gasteiger partial charge in [0.2, 0.25) is 0 Å². The number of methoxy groups -OCH3 is 1. The number of aliphatic hydroxyl groups excluding tert-OH is 1. The minimum absolute atomic E-state index is 0.0392. The molecule has 1 saturated heterocycles. The first-order valence-corrected chi connectivity index (χ1v) is 10.8. The number of aliphatic hydroxyl groups is 1. The van der Waals surface area contributed by atoms with E-state index in [1.54, 1.807) is 18.2 Å². The van der Waals surface area contributed by atoms with Gasteiger partial charge >= 0.3 is 0 Å². The number of amides is 1. The summed E-state index contributed by atoms with van der Waals surface area (Å²) in [6.45, 7) is 3.35. The lowest BCUT2D eigenvalue weighted by Crippen LogP contribution is -2.32. The molecule has 2 aromatic rings. The summed E-state index contributed by atoms with van der Waals surface area (Å²) in [4.78, 5) is 29.5. The number of carbonyl (C=O) groups excluding carboxylic acids is 2. The lowest BCUT2D eigenvalue weighted by atomic mass is 9.95. The van der Waals surface area contributed by atoms with Crippen molar-refractivity contribution in [2.75, 3.05) is 40.9 Å². The van der Waals surface area contributed by atoms with Crippen LogP contribution in [-0.2, 0) is 9.59 Å². The molecule has 2 aromatic carbocycles. The number of rotatable bonds is 9. The van der Waals surface area contributed by atoms with Gasteiger partial charge in [-0.1, -0.05) is 6.07 Å². The first-order chi connectivity index (χ1) is 15.8. The molecular formula is C25H29FN2O5. The number of nitrogens with zero attached hydrogens (tertiary/aromatic N) is 2. The molecule has 1 aliphatic heterocycles. The molecule has 1 atom stereocenters. The monoisotopic (exact) mass is 456 g/mol. The van der Waals surface area contributed by atoms with Crippen LogP contribution in [0.4, 0.5) is 4.39 Å². The van der Waals surface area contributed by atoms with E-state index in [1.807, 2.05) is 25.9 Å². The van der Waals surface area contributed by atoms with E-state index in [2.05, 4.69) is 0 Å². The second-order valence-corrected chi connectivity index (χ2v) is 8.00. The highest BCUT2D eigenvalue weighted by atomic mass is 19.1. The Labute approximate surface area is 193 Å². The van der Waals surface area contributed by atoms with E-state index < -0.39 is 23.5 Å². The van der Waals surface area contributed by atoms with Crippen LogP contribution in [0.1, 0.15) is 30.5 Å². The lowest BCUT2D eigenvalue weighted by Gasteiger charge is -2.26. The minimum Gasteiger partial charge on any atom is -0.507 e. The van der Waals surface area contributed by atoms with Crippen molar-refractivity contribution < 1.29 is 28.6 Å². The van der Waals surface area contributed by atoms with Crippen LogP contribution in [0, 0.1) is 5.82 Å². The lowest BCUT2D eigenvalue weighted by molar-refractivity contribution is -0.139. The van der Waals surface area contributed by atoms with Gasteiger partial charge in [0.05, 0.1) is 25.3 Å². The van der Waals surface area contributed by atoms with Crippen molar-refractivity contribution in [1.29, 1.82) is 0 Å². The Morgan fingerprint density at radius 2 is 1.82 bits per heavy atom. The first-order valence-electron chi connectivity index (χ1n) is 10.8. The summed E-state index contributed by atoms with van der Waals surface area (Å²) in [5.74, 6) is -1.29. The number of ether oxygens (including phenoxy) is 2. The van der Waals surface area contributed by atoms with E-state index in [0.717, 1.165) is 6.54 Å². The zero-order valence-electron chi connectivity index (χ0n) is 19.3. The average Bonchev–Trinajstić information content (AvgIpc) is 3.04. The second kappa shape index (κ2) is 10.5. The third kappa shape index (κ3) is 5.17.